The van der Waals surface area contributed by atoms with Crippen molar-refractivity contribution in [3.05, 3.63) is 71.3 Å². The number of esters is 1. The third kappa shape index (κ3) is 4.51. The van der Waals surface area contributed by atoms with Crippen LogP contribution in [0.25, 0.3) is 0 Å². The predicted molar refractivity (Wildman–Crippen MR) is 105 cm³/mol. The zero-order valence-corrected chi connectivity index (χ0v) is 16.3. The first-order valence-electron chi connectivity index (χ1n) is 9.27. The molecule has 7 heteroatoms. The summed E-state index contributed by atoms with van der Waals surface area (Å²) in [6, 6.07) is 16.1. The molecule has 0 saturated carbocycles. The molecule has 0 fully saturated rings. The van der Waals surface area contributed by atoms with Crippen LogP contribution in [0, 0.1) is 0 Å². The highest BCUT2D eigenvalue weighted by atomic mass is 16.5. The zero-order chi connectivity index (χ0) is 21.0. The lowest BCUT2D eigenvalue weighted by Gasteiger charge is -2.27. The van der Waals surface area contributed by atoms with Gasteiger partial charge in [-0.2, -0.15) is 0 Å². The largest absolute Gasteiger partial charge is 0.454 e. The minimum atomic E-state index is -0.805. The summed E-state index contributed by atoms with van der Waals surface area (Å²) in [6.07, 6.45) is 0.0471. The van der Waals surface area contributed by atoms with Crippen molar-refractivity contribution in [1.29, 1.82) is 0 Å². The van der Waals surface area contributed by atoms with Gasteiger partial charge in [-0.25, -0.2) is 0 Å². The summed E-state index contributed by atoms with van der Waals surface area (Å²) in [6.45, 7) is 0.897. The van der Waals surface area contributed by atoms with Crippen molar-refractivity contribution < 1.29 is 23.9 Å². The molecule has 0 saturated heterocycles. The molecule has 0 unspecified atom stereocenters. The Labute approximate surface area is 168 Å². The number of carbonyl (C=O) groups excluding carboxylic acids is 4. The molecule has 3 amide bonds. The number of rotatable bonds is 6. The molecule has 0 N–H and O–H groups in total. The summed E-state index contributed by atoms with van der Waals surface area (Å²) in [7, 11) is 1.63. The molecule has 3 rings (SSSR count). The van der Waals surface area contributed by atoms with Crippen molar-refractivity contribution >= 4 is 23.7 Å². The highest BCUT2D eigenvalue weighted by Crippen LogP contribution is 2.20. The molecule has 2 aromatic rings. The van der Waals surface area contributed by atoms with Gasteiger partial charge in [0.15, 0.2) is 6.61 Å². The van der Waals surface area contributed by atoms with Crippen LogP contribution in [0.3, 0.4) is 0 Å². The average molecular weight is 394 g/mol. The fourth-order valence-corrected chi connectivity index (χ4v) is 3.15. The maximum atomic E-state index is 12.5. The Hall–Kier alpha value is -3.48. The summed E-state index contributed by atoms with van der Waals surface area (Å²) in [4.78, 5) is 51.5. The number of carbonyl (C=O) groups is 4. The number of likely N-dealkylation sites (N-methyl/N-ethyl adjacent to an activating group) is 1. The first-order valence-corrected chi connectivity index (χ1v) is 9.27. The van der Waals surface area contributed by atoms with Crippen LogP contribution in [0.15, 0.2) is 54.6 Å². The Kier molecular flexibility index (Phi) is 6.07. The highest BCUT2D eigenvalue weighted by molar-refractivity contribution is 6.11. The van der Waals surface area contributed by atoms with E-state index in [1.165, 1.54) is 4.90 Å². The predicted octanol–water partition coefficient (Wildman–Crippen LogP) is 1.97. The number of amides is 3. The molecule has 7 nitrogen and oxygen atoms in total. The normalized spacial score (nSPS) is 14.2. The van der Waals surface area contributed by atoms with E-state index >= 15 is 0 Å². The third-order valence-electron chi connectivity index (χ3n) is 5.04. The maximum absolute atomic E-state index is 12.5. The van der Waals surface area contributed by atoms with Crippen molar-refractivity contribution in [1.82, 2.24) is 9.80 Å². The van der Waals surface area contributed by atoms with Crippen LogP contribution >= 0.6 is 0 Å². The van der Waals surface area contributed by atoms with Crippen molar-refractivity contribution in [2.45, 2.75) is 19.4 Å². The van der Waals surface area contributed by atoms with Crippen LogP contribution < -0.4 is 0 Å². The summed E-state index contributed by atoms with van der Waals surface area (Å²) in [5, 5.41) is 0. The molecule has 0 aromatic heterocycles. The molecule has 0 radical (unpaired) electrons. The number of hydrogen-bond donors (Lipinski definition) is 0. The van der Waals surface area contributed by atoms with Gasteiger partial charge in [0, 0.05) is 12.6 Å². The van der Waals surface area contributed by atoms with E-state index in [-0.39, 0.29) is 18.4 Å². The Balaban J connectivity index is 1.55. The van der Waals surface area contributed by atoms with Gasteiger partial charge in [0.25, 0.3) is 11.8 Å². The van der Waals surface area contributed by atoms with E-state index in [9.17, 15) is 19.2 Å². The summed E-state index contributed by atoms with van der Waals surface area (Å²) >= 11 is 0. The van der Waals surface area contributed by atoms with Gasteiger partial charge in [0.05, 0.1) is 12.5 Å². The van der Waals surface area contributed by atoms with Crippen LogP contribution in [-0.2, 0) is 25.5 Å². The summed E-state index contributed by atoms with van der Waals surface area (Å²) < 4.78 is 5.02. The van der Waals surface area contributed by atoms with Crippen molar-refractivity contribution in [2.24, 2.45) is 0 Å². The summed E-state index contributed by atoms with van der Waals surface area (Å²) in [5.74, 6) is -2.18. The SMILES string of the molecule is C[C@@H](c1ccccc1)N(C)C(=O)COC(=O)CN1C(=O)Cc2ccccc2C1=O. The molecular formula is C22H22N2O5. The smallest absolute Gasteiger partial charge is 0.326 e. The van der Waals surface area contributed by atoms with Crippen molar-refractivity contribution in [2.75, 3.05) is 20.2 Å². The second kappa shape index (κ2) is 8.68. The van der Waals surface area contributed by atoms with Gasteiger partial charge in [-0.05, 0) is 24.1 Å². The van der Waals surface area contributed by atoms with Gasteiger partial charge < -0.3 is 9.64 Å². The molecule has 29 heavy (non-hydrogen) atoms. The third-order valence-corrected chi connectivity index (χ3v) is 5.04. The Morgan fingerprint density at radius 3 is 2.45 bits per heavy atom. The summed E-state index contributed by atoms with van der Waals surface area (Å²) in [5.41, 5.74) is 1.99. The van der Waals surface area contributed by atoms with E-state index in [4.69, 9.17) is 4.74 Å². The van der Waals surface area contributed by atoms with Crippen molar-refractivity contribution in [3.8, 4) is 0 Å². The number of hydrogen-bond acceptors (Lipinski definition) is 5. The molecule has 150 valence electrons. The minimum Gasteiger partial charge on any atom is -0.454 e. The Bertz CT molecular complexity index is 941. The van der Waals surface area contributed by atoms with E-state index in [0.29, 0.717) is 11.1 Å². The van der Waals surface area contributed by atoms with Crippen LogP contribution in [0.1, 0.15) is 34.5 Å². The van der Waals surface area contributed by atoms with E-state index in [1.807, 2.05) is 37.3 Å². The molecule has 0 bridgehead atoms. The fraction of sp³-hybridized carbons (Fsp3) is 0.273. The second-order valence-electron chi connectivity index (χ2n) is 6.87. The minimum absolute atomic E-state index is 0.0471. The van der Waals surface area contributed by atoms with Gasteiger partial charge in [-0.1, -0.05) is 48.5 Å². The van der Waals surface area contributed by atoms with Crippen LogP contribution in [0.5, 0.6) is 0 Å². The van der Waals surface area contributed by atoms with Gasteiger partial charge >= 0.3 is 5.97 Å². The number of fused-ring (bicyclic) bond motifs is 1. The number of ether oxygens (including phenoxy) is 1. The molecule has 0 spiro atoms. The lowest BCUT2D eigenvalue weighted by Crippen LogP contribution is -2.45. The standard InChI is InChI=1S/C22H22N2O5/c1-15(16-8-4-3-5-9-16)23(2)20(26)14-29-21(27)13-24-19(25)12-17-10-6-7-11-18(17)22(24)28/h3-11,15H,12-14H2,1-2H3/t15-/m0/s1. The topological polar surface area (TPSA) is 84.0 Å². The lowest BCUT2D eigenvalue weighted by atomic mass is 9.98. The molecule has 2 aromatic carbocycles. The van der Waals surface area contributed by atoms with E-state index in [0.717, 1.165) is 10.5 Å². The molecule has 1 aliphatic rings. The van der Waals surface area contributed by atoms with E-state index in [1.54, 1.807) is 31.3 Å². The molecule has 0 aliphatic carbocycles. The lowest BCUT2D eigenvalue weighted by molar-refractivity contribution is -0.154. The second-order valence-corrected chi connectivity index (χ2v) is 6.87. The van der Waals surface area contributed by atoms with Gasteiger partial charge in [-0.15, -0.1) is 0 Å². The van der Waals surface area contributed by atoms with Gasteiger partial charge in [0.1, 0.15) is 6.54 Å². The van der Waals surface area contributed by atoms with Crippen molar-refractivity contribution in [3.63, 3.8) is 0 Å². The zero-order valence-electron chi connectivity index (χ0n) is 16.3. The first kappa shape index (κ1) is 20.3. The molecular weight excluding hydrogens is 372 g/mol. The number of nitrogens with zero attached hydrogens (tertiary/aromatic N) is 2. The van der Waals surface area contributed by atoms with Gasteiger partial charge in [-0.3, -0.25) is 24.1 Å². The van der Waals surface area contributed by atoms with Gasteiger partial charge in [0.2, 0.25) is 5.91 Å². The monoisotopic (exact) mass is 394 g/mol. The van der Waals surface area contributed by atoms with E-state index in [2.05, 4.69) is 0 Å². The average Bonchev–Trinajstić information content (AvgIpc) is 2.74. The molecule has 1 heterocycles. The Morgan fingerprint density at radius 1 is 1.07 bits per heavy atom. The maximum Gasteiger partial charge on any atom is 0.326 e. The quantitative estimate of drug-likeness (QED) is 0.553. The van der Waals surface area contributed by atoms with Crippen LogP contribution in [-0.4, -0.2) is 53.7 Å². The fourth-order valence-electron chi connectivity index (χ4n) is 3.15. The van der Waals surface area contributed by atoms with Crippen LogP contribution in [0.2, 0.25) is 0 Å². The van der Waals surface area contributed by atoms with Crippen LogP contribution in [0.4, 0.5) is 0 Å². The molecule has 1 atom stereocenters. The molecule has 1 aliphatic heterocycles. The number of imide groups is 1. The van der Waals surface area contributed by atoms with E-state index < -0.39 is 30.9 Å². The number of benzene rings is 2. The first-order chi connectivity index (χ1) is 13.9. The highest BCUT2D eigenvalue weighted by Gasteiger charge is 2.32. The Morgan fingerprint density at radius 2 is 1.72 bits per heavy atom.